The molecule has 2 heteroatoms. The van der Waals surface area contributed by atoms with Crippen molar-refractivity contribution in [2.24, 2.45) is 0 Å². The van der Waals surface area contributed by atoms with Crippen molar-refractivity contribution < 1.29 is 0 Å². The lowest BCUT2D eigenvalue weighted by molar-refractivity contribution is 0.183. The SMILES string of the molecule is C=CC[N]N1CCCC1C. The molecular formula is C8H15N2. The van der Waals surface area contributed by atoms with Crippen LogP contribution in [-0.4, -0.2) is 24.1 Å². The van der Waals surface area contributed by atoms with Crippen LogP contribution in [0.2, 0.25) is 0 Å². The number of hydrogen-bond donors (Lipinski definition) is 0. The lowest BCUT2D eigenvalue weighted by atomic mass is 10.3. The minimum Gasteiger partial charge on any atom is -0.224 e. The van der Waals surface area contributed by atoms with Gasteiger partial charge in [-0.3, -0.25) is 0 Å². The van der Waals surface area contributed by atoms with Crippen molar-refractivity contribution in [1.82, 2.24) is 10.4 Å². The molecule has 0 aromatic carbocycles. The molecule has 1 saturated heterocycles. The highest BCUT2D eigenvalue weighted by atomic mass is 15.5. The van der Waals surface area contributed by atoms with E-state index in [2.05, 4.69) is 23.9 Å². The average molecular weight is 139 g/mol. The Kier molecular flexibility index (Phi) is 2.90. The Morgan fingerprint density at radius 1 is 1.80 bits per heavy atom. The highest BCUT2D eigenvalue weighted by Crippen LogP contribution is 2.13. The average Bonchev–Trinajstić information content (AvgIpc) is 2.31. The summed E-state index contributed by atoms with van der Waals surface area (Å²) in [5, 5.41) is 2.17. The van der Waals surface area contributed by atoms with Crippen molar-refractivity contribution in [1.29, 1.82) is 0 Å². The van der Waals surface area contributed by atoms with E-state index in [9.17, 15) is 0 Å². The summed E-state index contributed by atoms with van der Waals surface area (Å²) in [6, 6.07) is 0.653. The summed E-state index contributed by atoms with van der Waals surface area (Å²) in [6.07, 6.45) is 4.42. The van der Waals surface area contributed by atoms with Crippen molar-refractivity contribution in [2.45, 2.75) is 25.8 Å². The first-order valence-corrected chi connectivity index (χ1v) is 3.89. The smallest absolute Gasteiger partial charge is 0.0485 e. The molecule has 0 bridgehead atoms. The summed E-state index contributed by atoms with van der Waals surface area (Å²) in [5.74, 6) is 0. The fraction of sp³-hybridized carbons (Fsp3) is 0.750. The van der Waals surface area contributed by atoms with Crippen molar-refractivity contribution in [3.05, 3.63) is 12.7 Å². The molecule has 0 saturated carbocycles. The highest BCUT2D eigenvalue weighted by molar-refractivity contribution is 4.75. The highest BCUT2D eigenvalue weighted by Gasteiger charge is 2.19. The molecule has 1 aliphatic rings. The van der Waals surface area contributed by atoms with Crippen LogP contribution in [0.4, 0.5) is 0 Å². The zero-order valence-electron chi connectivity index (χ0n) is 6.58. The summed E-state index contributed by atoms with van der Waals surface area (Å²) in [5.41, 5.74) is 4.34. The number of nitrogens with zero attached hydrogens (tertiary/aromatic N) is 2. The Morgan fingerprint density at radius 2 is 2.60 bits per heavy atom. The Hall–Kier alpha value is -0.340. The zero-order chi connectivity index (χ0) is 7.40. The molecule has 0 N–H and O–H groups in total. The van der Waals surface area contributed by atoms with E-state index in [0.29, 0.717) is 6.04 Å². The topological polar surface area (TPSA) is 17.3 Å². The van der Waals surface area contributed by atoms with Crippen LogP contribution in [-0.2, 0) is 0 Å². The van der Waals surface area contributed by atoms with Crippen LogP contribution in [0.5, 0.6) is 0 Å². The van der Waals surface area contributed by atoms with Gasteiger partial charge in [0.2, 0.25) is 0 Å². The van der Waals surface area contributed by atoms with Crippen LogP contribution in [0.3, 0.4) is 0 Å². The molecule has 0 aliphatic carbocycles. The van der Waals surface area contributed by atoms with Gasteiger partial charge < -0.3 is 0 Å². The van der Waals surface area contributed by atoms with Gasteiger partial charge in [0, 0.05) is 19.1 Å². The largest absolute Gasteiger partial charge is 0.224 e. The fourth-order valence-corrected chi connectivity index (χ4v) is 1.29. The predicted octanol–water partition coefficient (Wildman–Crippen LogP) is 1.18. The standard InChI is InChI=1S/C8H15N2/c1-3-6-9-10-7-4-5-8(10)2/h3,8H,1,4-7H2,2H3. The van der Waals surface area contributed by atoms with Gasteiger partial charge in [-0.05, 0) is 19.8 Å². The fourth-order valence-electron chi connectivity index (χ4n) is 1.29. The molecule has 1 aliphatic heterocycles. The molecule has 1 heterocycles. The Bertz CT molecular complexity index is 112. The molecule has 0 aromatic rings. The Balaban J connectivity index is 2.19. The lowest BCUT2D eigenvalue weighted by Crippen LogP contribution is -2.34. The van der Waals surface area contributed by atoms with E-state index >= 15 is 0 Å². The van der Waals surface area contributed by atoms with Gasteiger partial charge in [-0.25, -0.2) is 5.01 Å². The first kappa shape index (κ1) is 7.76. The molecule has 0 spiro atoms. The van der Waals surface area contributed by atoms with Crippen molar-refractivity contribution in [2.75, 3.05) is 13.1 Å². The number of rotatable bonds is 3. The van der Waals surface area contributed by atoms with Crippen LogP contribution in [0, 0.1) is 0 Å². The number of hydrogen-bond acceptors (Lipinski definition) is 1. The van der Waals surface area contributed by atoms with Crippen LogP contribution >= 0.6 is 0 Å². The maximum atomic E-state index is 4.34. The Morgan fingerprint density at radius 3 is 3.10 bits per heavy atom. The van der Waals surface area contributed by atoms with Gasteiger partial charge in [-0.15, -0.1) is 6.58 Å². The van der Waals surface area contributed by atoms with Gasteiger partial charge in [-0.2, -0.15) is 5.43 Å². The van der Waals surface area contributed by atoms with E-state index < -0.39 is 0 Å². The monoisotopic (exact) mass is 139 g/mol. The molecule has 0 aromatic heterocycles. The molecule has 0 amide bonds. The molecule has 57 valence electrons. The summed E-state index contributed by atoms with van der Waals surface area (Å²) in [6.45, 7) is 7.75. The van der Waals surface area contributed by atoms with E-state index in [0.717, 1.165) is 13.1 Å². The molecule has 10 heavy (non-hydrogen) atoms. The van der Waals surface area contributed by atoms with E-state index in [1.54, 1.807) is 0 Å². The second-order valence-corrected chi connectivity index (χ2v) is 2.77. The molecule has 1 fully saturated rings. The maximum Gasteiger partial charge on any atom is 0.0485 e. The second kappa shape index (κ2) is 3.74. The molecule has 1 radical (unpaired) electrons. The van der Waals surface area contributed by atoms with Crippen LogP contribution < -0.4 is 5.43 Å². The summed E-state index contributed by atoms with van der Waals surface area (Å²) < 4.78 is 0. The van der Waals surface area contributed by atoms with Gasteiger partial charge in [-0.1, -0.05) is 6.08 Å². The molecule has 1 rings (SSSR count). The van der Waals surface area contributed by atoms with E-state index in [1.165, 1.54) is 12.8 Å². The van der Waals surface area contributed by atoms with Gasteiger partial charge in [0.05, 0.1) is 0 Å². The third kappa shape index (κ3) is 1.82. The van der Waals surface area contributed by atoms with Gasteiger partial charge in [0.15, 0.2) is 0 Å². The van der Waals surface area contributed by atoms with Crippen LogP contribution in [0.15, 0.2) is 12.7 Å². The Labute approximate surface area is 62.9 Å². The second-order valence-electron chi connectivity index (χ2n) is 2.77. The van der Waals surface area contributed by atoms with E-state index in [-0.39, 0.29) is 0 Å². The minimum atomic E-state index is 0.653. The maximum absolute atomic E-state index is 4.34. The first-order valence-electron chi connectivity index (χ1n) is 3.89. The first-order chi connectivity index (χ1) is 4.84. The zero-order valence-corrected chi connectivity index (χ0v) is 6.58. The van der Waals surface area contributed by atoms with Gasteiger partial charge in [0.1, 0.15) is 0 Å². The van der Waals surface area contributed by atoms with Crippen LogP contribution in [0.1, 0.15) is 19.8 Å². The van der Waals surface area contributed by atoms with E-state index in [1.807, 2.05) is 6.08 Å². The van der Waals surface area contributed by atoms with E-state index in [4.69, 9.17) is 0 Å². The third-order valence-corrected chi connectivity index (χ3v) is 1.91. The van der Waals surface area contributed by atoms with Crippen molar-refractivity contribution in [3.63, 3.8) is 0 Å². The summed E-state index contributed by atoms with van der Waals surface area (Å²) in [4.78, 5) is 0. The van der Waals surface area contributed by atoms with Crippen molar-refractivity contribution in [3.8, 4) is 0 Å². The van der Waals surface area contributed by atoms with Gasteiger partial charge >= 0.3 is 0 Å². The quantitative estimate of drug-likeness (QED) is 0.537. The minimum absolute atomic E-state index is 0.653. The summed E-state index contributed by atoms with van der Waals surface area (Å²) in [7, 11) is 0. The summed E-state index contributed by atoms with van der Waals surface area (Å²) >= 11 is 0. The molecule has 1 unspecified atom stereocenters. The molecular weight excluding hydrogens is 124 g/mol. The predicted molar refractivity (Wildman–Crippen MR) is 42.6 cm³/mol. The van der Waals surface area contributed by atoms with Crippen molar-refractivity contribution >= 4 is 0 Å². The molecule has 1 atom stereocenters. The van der Waals surface area contributed by atoms with Gasteiger partial charge in [0.25, 0.3) is 0 Å². The van der Waals surface area contributed by atoms with Crippen LogP contribution in [0.25, 0.3) is 0 Å². The normalized spacial score (nSPS) is 27.1. The molecule has 2 nitrogen and oxygen atoms in total. The third-order valence-electron chi connectivity index (χ3n) is 1.91. The lowest BCUT2D eigenvalue weighted by Gasteiger charge is -2.18.